The van der Waals surface area contributed by atoms with E-state index in [1.165, 1.54) is 0 Å². The summed E-state index contributed by atoms with van der Waals surface area (Å²) in [4.78, 5) is 8.31. The molecule has 0 fully saturated rings. The molecule has 0 aliphatic heterocycles. The van der Waals surface area contributed by atoms with Crippen molar-refractivity contribution in [3.05, 3.63) is 49.0 Å². The first-order valence-electron chi connectivity index (χ1n) is 4.06. The highest BCUT2D eigenvalue weighted by Crippen LogP contribution is 2.11. The number of aryl methyl sites for hydroxylation is 1. The summed E-state index contributed by atoms with van der Waals surface area (Å²) in [5.74, 6) is 1.60. The highest BCUT2D eigenvalue weighted by atomic mass is 15.1. The zero-order valence-corrected chi connectivity index (χ0v) is 7.44. The topological polar surface area (TPSA) is 30.7 Å². The van der Waals surface area contributed by atoms with Crippen LogP contribution in [0.5, 0.6) is 0 Å². The van der Waals surface area contributed by atoms with Crippen LogP contribution in [0.3, 0.4) is 0 Å². The van der Waals surface area contributed by atoms with Gasteiger partial charge in [-0.15, -0.1) is 0 Å². The Kier molecular flexibility index (Phi) is 1.85. The molecule has 0 aliphatic carbocycles. The lowest BCUT2D eigenvalue weighted by Gasteiger charge is -2.05. The third-order valence-corrected chi connectivity index (χ3v) is 1.93. The van der Waals surface area contributed by atoms with E-state index >= 15 is 0 Å². The quantitative estimate of drug-likeness (QED) is 0.656. The van der Waals surface area contributed by atoms with Gasteiger partial charge in [-0.05, 0) is 18.6 Å². The molecule has 0 bridgehead atoms. The SMILES string of the molecule is [CH2]c1nccn1-c1ncccc1C. The molecule has 0 saturated heterocycles. The molecule has 2 aromatic rings. The minimum atomic E-state index is 0.710. The van der Waals surface area contributed by atoms with Gasteiger partial charge >= 0.3 is 0 Å². The van der Waals surface area contributed by atoms with Gasteiger partial charge in [0.25, 0.3) is 0 Å². The molecule has 0 atom stereocenters. The normalized spacial score (nSPS) is 10.3. The maximum Gasteiger partial charge on any atom is 0.140 e. The monoisotopic (exact) mass is 172 g/mol. The predicted octanol–water partition coefficient (Wildman–Crippen LogP) is 1.76. The van der Waals surface area contributed by atoms with Gasteiger partial charge in [0.15, 0.2) is 0 Å². The van der Waals surface area contributed by atoms with Crippen LogP contribution in [0, 0.1) is 13.8 Å². The average molecular weight is 172 g/mol. The fraction of sp³-hybridized carbons (Fsp3) is 0.100. The molecule has 0 amide bonds. The van der Waals surface area contributed by atoms with Crippen LogP contribution in [0.15, 0.2) is 30.7 Å². The maximum atomic E-state index is 4.26. The van der Waals surface area contributed by atoms with Crippen LogP contribution >= 0.6 is 0 Å². The summed E-state index contributed by atoms with van der Waals surface area (Å²) in [5, 5.41) is 0. The number of imidazole rings is 1. The molecule has 2 heterocycles. The number of hydrogen-bond acceptors (Lipinski definition) is 2. The van der Waals surface area contributed by atoms with Gasteiger partial charge in [0.05, 0.1) is 0 Å². The fourth-order valence-corrected chi connectivity index (χ4v) is 1.26. The first-order chi connectivity index (χ1) is 6.29. The van der Waals surface area contributed by atoms with Gasteiger partial charge in [0.1, 0.15) is 11.6 Å². The van der Waals surface area contributed by atoms with Crippen molar-refractivity contribution in [2.75, 3.05) is 0 Å². The van der Waals surface area contributed by atoms with E-state index in [4.69, 9.17) is 0 Å². The van der Waals surface area contributed by atoms with Gasteiger partial charge in [-0.25, -0.2) is 9.97 Å². The van der Waals surface area contributed by atoms with E-state index in [0.717, 1.165) is 11.4 Å². The number of nitrogens with zero attached hydrogens (tertiary/aromatic N) is 3. The summed E-state index contributed by atoms with van der Waals surface area (Å²) >= 11 is 0. The summed E-state index contributed by atoms with van der Waals surface area (Å²) in [7, 11) is 0. The Morgan fingerprint density at radius 3 is 2.77 bits per heavy atom. The zero-order chi connectivity index (χ0) is 9.26. The first-order valence-corrected chi connectivity index (χ1v) is 4.06. The van der Waals surface area contributed by atoms with E-state index in [1.54, 1.807) is 12.4 Å². The summed E-state index contributed by atoms with van der Waals surface area (Å²) < 4.78 is 1.87. The molecule has 2 aromatic heterocycles. The van der Waals surface area contributed by atoms with Gasteiger partial charge in [-0.3, -0.25) is 4.57 Å². The van der Waals surface area contributed by atoms with Crippen molar-refractivity contribution in [3.8, 4) is 5.82 Å². The molecule has 0 aliphatic rings. The smallest absolute Gasteiger partial charge is 0.140 e. The van der Waals surface area contributed by atoms with Crippen LogP contribution in [0.2, 0.25) is 0 Å². The van der Waals surface area contributed by atoms with E-state index in [2.05, 4.69) is 16.9 Å². The molecule has 3 nitrogen and oxygen atoms in total. The predicted molar refractivity (Wildman–Crippen MR) is 50.6 cm³/mol. The minimum absolute atomic E-state index is 0.710. The Morgan fingerprint density at radius 1 is 1.31 bits per heavy atom. The van der Waals surface area contributed by atoms with Crippen molar-refractivity contribution in [1.29, 1.82) is 0 Å². The van der Waals surface area contributed by atoms with E-state index < -0.39 is 0 Å². The van der Waals surface area contributed by atoms with Gasteiger partial charge in [0, 0.05) is 25.5 Å². The van der Waals surface area contributed by atoms with Crippen molar-refractivity contribution in [2.45, 2.75) is 6.92 Å². The summed E-state index contributed by atoms with van der Waals surface area (Å²) in [6, 6.07) is 3.93. The molecule has 0 saturated carbocycles. The molecule has 65 valence electrons. The number of aromatic nitrogens is 3. The Hall–Kier alpha value is -1.64. The molecule has 0 N–H and O–H groups in total. The Labute approximate surface area is 77.1 Å². The first kappa shape index (κ1) is 7.98. The van der Waals surface area contributed by atoms with E-state index in [1.807, 2.05) is 29.8 Å². The Bertz CT molecular complexity index is 418. The number of pyridine rings is 1. The van der Waals surface area contributed by atoms with E-state index in [9.17, 15) is 0 Å². The zero-order valence-electron chi connectivity index (χ0n) is 7.44. The van der Waals surface area contributed by atoms with E-state index in [-0.39, 0.29) is 0 Å². The molecule has 0 aromatic carbocycles. The lowest BCUT2D eigenvalue weighted by atomic mass is 10.3. The third-order valence-electron chi connectivity index (χ3n) is 1.93. The maximum absolute atomic E-state index is 4.26. The van der Waals surface area contributed by atoms with Gasteiger partial charge < -0.3 is 0 Å². The molecule has 1 radical (unpaired) electrons. The third kappa shape index (κ3) is 1.33. The van der Waals surface area contributed by atoms with Crippen LogP contribution in [0.1, 0.15) is 11.4 Å². The number of rotatable bonds is 1. The lowest BCUT2D eigenvalue weighted by Crippen LogP contribution is -2.00. The van der Waals surface area contributed by atoms with Crippen molar-refractivity contribution < 1.29 is 0 Å². The van der Waals surface area contributed by atoms with E-state index in [0.29, 0.717) is 5.82 Å². The molecule has 0 unspecified atom stereocenters. The molecular weight excluding hydrogens is 162 g/mol. The second kappa shape index (κ2) is 3.01. The van der Waals surface area contributed by atoms with Crippen LogP contribution in [0.25, 0.3) is 5.82 Å². The molecule has 13 heavy (non-hydrogen) atoms. The van der Waals surface area contributed by atoms with Crippen molar-refractivity contribution in [2.24, 2.45) is 0 Å². The minimum Gasteiger partial charge on any atom is -0.288 e. The lowest BCUT2D eigenvalue weighted by molar-refractivity contribution is 0.948. The van der Waals surface area contributed by atoms with Gasteiger partial charge in [-0.2, -0.15) is 0 Å². The molecule has 3 heteroatoms. The molecule has 0 spiro atoms. The van der Waals surface area contributed by atoms with Crippen molar-refractivity contribution in [1.82, 2.24) is 14.5 Å². The van der Waals surface area contributed by atoms with Gasteiger partial charge in [-0.1, -0.05) is 6.07 Å². The standard InChI is InChI=1S/C10H10N3/c1-8-4-3-5-12-10(8)13-7-6-11-9(13)2/h3-7H,2H2,1H3. The van der Waals surface area contributed by atoms with Crippen LogP contribution < -0.4 is 0 Å². The van der Waals surface area contributed by atoms with Crippen molar-refractivity contribution >= 4 is 0 Å². The molecule has 2 rings (SSSR count). The van der Waals surface area contributed by atoms with Crippen LogP contribution in [0.4, 0.5) is 0 Å². The Morgan fingerprint density at radius 2 is 2.15 bits per heavy atom. The summed E-state index contributed by atoms with van der Waals surface area (Å²) in [5.41, 5.74) is 1.12. The summed E-state index contributed by atoms with van der Waals surface area (Å²) in [6.45, 7) is 5.83. The van der Waals surface area contributed by atoms with Crippen LogP contribution in [-0.4, -0.2) is 14.5 Å². The molecular formula is C10H10N3. The largest absolute Gasteiger partial charge is 0.288 e. The highest BCUT2D eigenvalue weighted by molar-refractivity contribution is 5.33. The number of hydrogen-bond donors (Lipinski definition) is 0. The fourth-order valence-electron chi connectivity index (χ4n) is 1.26. The van der Waals surface area contributed by atoms with Gasteiger partial charge in [0.2, 0.25) is 0 Å². The summed E-state index contributed by atoms with van der Waals surface area (Å²) in [6.07, 6.45) is 5.34. The van der Waals surface area contributed by atoms with Crippen molar-refractivity contribution in [3.63, 3.8) is 0 Å². The second-order valence-electron chi connectivity index (χ2n) is 2.86. The second-order valence-corrected chi connectivity index (χ2v) is 2.86. The average Bonchev–Trinajstić information content (AvgIpc) is 2.52. The Balaban J connectivity index is 2.59. The van der Waals surface area contributed by atoms with Crippen LogP contribution in [-0.2, 0) is 0 Å². The highest BCUT2D eigenvalue weighted by Gasteiger charge is 2.03.